The number of Topliss-reactive ketones (excluding diaryl/α,β-unsaturated/α-hetero) is 1. The topological polar surface area (TPSA) is 96.5 Å². The van der Waals surface area contributed by atoms with Gasteiger partial charge in [-0.3, -0.25) is 9.59 Å². The number of hydrogen-bond acceptors (Lipinski definition) is 7. The largest absolute Gasteiger partial charge is 0.495 e. The predicted octanol–water partition coefficient (Wildman–Crippen LogP) is 5.79. The first kappa shape index (κ1) is 30.7. The molecule has 0 bridgehead atoms. The summed E-state index contributed by atoms with van der Waals surface area (Å²) in [5.74, 6) is 0.278. The zero-order valence-corrected chi connectivity index (χ0v) is 24.0. The van der Waals surface area contributed by atoms with Crippen molar-refractivity contribution >= 4 is 23.3 Å². The Kier molecular flexibility index (Phi) is 10.2. The molecule has 2 atom stereocenters. The van der Waals surface area contributed by atoms with Crippen LogP contribution in [0.3, 0.4) is 0 Å². The van der Waals surface area contributed by atoms with Crippen LogP contribution in [-0.2, 0) is 17.4 Å². The standard InChI is InChI=1S/C30H40F3N5O3/c1-4-23(39)15-19-7-5-6-8-20(19)16-26-24(30(31,32)33)18-34-29(37-26)36-25-10-9-21(17-27(25)41-3)28(40)35-22-11-13-38(2)14-12-22/h9-10,17-20,22H,4-8,11-16H2,1-3H3,(H,35,40)(H,34,36,37)/t19-,20-/m0/s1. The molecular weight excluding hydrogens is 535 g/mol. The number of ether oxygens (including phenoxy) is 1. The molecule has 1 aliphatic heterocycles. The number of rotatable bonds is 10. The van der Waals surface area contributed by atoms with Crippen molar-refractivity contribution in [1.29, 1.82) is 0 Å². The summed E-state index contributed by atoms with van der Waals surface area (Å²) in [7, 11) is 3.51. The Morgan fingerprint density at radius 2 is 1.80 bits per heavy atom. The third-order valence-electron chi connectivity index (χ3n) is 8.34. The summed E-state index contributed by atoms with van der Waals surface area (Å²) in [6, 6.07) is 4.97. The van der Waals surface area contributed by atoms with Gasteiger partial charge in [0.25, 0.3) is 5.91 Å². The van der Waals surface area contributed by atoms with Crippen LogP contribution in [0.2, 0.25) is 0 Å². The summed E-state index contributed by atoms with van der Waals surface area (Å²) < 4.78 is 47.3. The lowest BCUT2D eigenvalue weighted by atomic mass is 9.74. The highest BCUT2D eigenvalue weighted by molar-refractivity contribution is 5.95. The zero-order valence-electron chi connectivity index (χ0n) is 24.0. The third kappa shape index (κ3) is 8.18. The number of amides is 1. The number of alkyl halides is 3. The molecule has 4 rings (SSSR count). The number of carbonyl (C=O) groups is 2. The lowest BCUT2D eigenvalue weighted by Gasteiger charge is -2.31. The van der Waals surface area contributed by atoms with E-state index in [0.717, 1.165) is 57.8 Å². The van der Waals surface area contributed by atoms with E-state index in [1.165, 1.54) is 7.11 Å². The van der Waals surface area contributed by atoms with Gasteiger partial charge in [-0.2, -0.15) is 13.2 Å². The third-order valence-corrected chi connectivity index (χ3v) is 8.34. The lowest BCUT2D eigenvalue weighted by Crippen LogP contribution is -2.43. The summed E-state index contributed by atoms with van der Waals surface area (Å²) in [4.78, 5) is 35.5. The molecular formula is C30H40F3N5O3. The Labute approximate surface area is 239 Å². The normalized spacial score (nSPS) is 20.4. The van der Waals surface area contributed by atoms with Crippen LogP contribution in [0.25, 0.3) is 0 Å². The van der Waals surface area contributed by atoms with Crippen molar-refractivity contribution < 1.29 is 27.5 Å². The van der Waals surface area contributed by atoms with Gasteiger partial charge >= 0.3 is 6.18 Å². The molecule has 1 saturated heterocycles. The second kappa shape index (κ2) is 13.6. The molecule has 11 heteroatoms. The van der Waals surface area contributed by atoms with Crippen LogP contribution >= 0.6 is 0 Å². The van der Waals surface area contributed by atoms with Crippen LogP contribution in [0.15, 0.2) is 24.4 Å². The number of nitrogens with zero attached hydrogens (tertiary/aromatic N) is 3. The lowest BCUT2D eigenvalue weighted by molar-refractivity contribution is -0.139. The number of aromatic nitrogens is 2. The van der Waals surface area contributed by atoms with Crippen LogP contribution in [-0.4, -0.2) is 59.8 Å². The molecule has 0 radical (unpaired) electrons. The van der Waals surface area contributed by atoms with E-state index >= 15 is 0 Å². The second-order valence-electron chi connectivity index (χ2n) is 11.2. The summed E-state index contributed by atoms with van der Waals surface area (Å²) in [6.07, 6.45) is 2.43. The summed E-state index contributed by atoms with van der Waals surface area (Å²) in [5, 5.41) is 6.05. The number of likely N-dealkylation sites (tertiary alicyclic amines) is 1. The van der Waals surface area contributed by atoms with Gasteiger partial charge in [-0.05, 0) is 82.3 Å². The highest BCUT2D eigenvalue weighted by Gasteiger charge is 2.37. The maximum absolute atomic E-state index is 13.9. The molecule has 41 heavy (non-hydrogen) atoms. The number of piperidine rings is 1. The van der Waals surface area contributed by atoms with Crippen molar-refractivity contribution in [3.8, 4) is 5.75 Å². The van der Waals surface area contributed by atoms with E-state index in [-0.39, 0.29) is 47.6 Å². The van der Waals surface area contributed by atoms with Gasteiger partial charge < -0.3 is 20.3 Å². The number of methoxy groups -OCH3 is 1. The molecule has 1 aromatic heterocycles. The van der Waals surface area contributed by atoms with Gasteiger partial charge in [-0.15, -0.1) is 0 Å². The Morgan fingerprint density at radius 1 is 1.10 bits per heavy atom. The van der Waals surface area contributed by atoms with Crippen molar-refractivity contribution in [2.24, 2.45) is 11.8 Å². The molecule has 1 aromatic carbocycles. The zero-order chi connectivity index (χ0) is 29.6. The minimum atomic E-state index is -4.60. The molecule has 2 heterocycles. The molecule has 2 aliphatic rings. The molecule has 2 N–H and O–H groups in total. The van der Waals surface area contributed by atoms with Crippen LogP contribution < -0.4 is 15.4 Å². The van der Waals surface area contributed by atoms with Gasteiger partial charge in [0.05, 0.1) is 24.1 Å². The van der Waals surface area contributed by atoms with Gasteiger partial charge in [-0.25, -0.2) is 9.97 Å². The molecule has 1 amide bonds. The average Bonchev–Trinajstić information content (AvgIpc) is 2.95. The van der Waals surface area contributed by atoms with Crippen molar-refractivity contribution in [3.05, 3.63) is 41.2 Å². The number of benzene rings is 1. The van der Waals surface area contributed by atoms with E-state index in [1.807, 2.05) is 6.92 Å². The van der Waals surface area contributed by atoms with Gasteiger partial charge in [0.15, 0.2) is 0 Å². The number of ketones is 1. The van der Waals surface area contributed by atoms with E-state index in [2.05, 4.69) is 32.5 Å². The number of carbonyl (C=O) groups excluding carboxylic acids is 2. The van der Waals surface area contributed by atoms with E-state index < -0.39 is 11.7 Å². The van der Waals surface area contributed by atoms with Crippen LogP contribution in [0.5, 0.6) is 5.75 Å². The number of halogens is 3. The molecule has 2 fully saturated rings. The van der Waals surface area contributed by atoms with Gasteiger partial charge in [0, 0.05) is 30.6 Å². The number of nitrogens with one attached hydrogen (secondary N) is 2. The second-order valence-corrected chi connectivity index (χ2v) is 11.2. The number of anilines is 2. The van der Waals surface area contributed by atoms with Crippen molar-refractivity contribution in [1.82, 2.24) is 20.2 Å². The average molecular weight is 576 g/mol. The minimum Gasteiger partial charge on any atom is -0.495 e. The smallest absolute Gasteiger partial charge is 0.419 e. The van der Waals surface area contributed by atoms with Crippen molar-refractivity contribution in [3.63, 3.8) is 0 Å². The molecule has 1 aliphatic carbocycles. The van der Waals surface area contributed by atoms with Crippen molar-refractivity contribution in [2.75, 3.05) is 32.6 Å². The quantitative estimate of drug-likeness (QED) is 0.370. The molecule has 2 aromatic rings. The first-order chi connectivity index (χ1) is 19.6. The highest BCUT2D eigenvalue weighted by atomic mass is 19.4. The Balaban J connectivity index is 1.53. The monoisotopic (exact) mass is 575 g/mol. The SMILES string of the molecule is CCC(=O)C[C@@H]1CCCC[C@H]1Cc1nc(Nc2ccc(C(=O)NC3CCN(C)CC3)cc2OC)ncc1C(F)(F)F. The van der Waals surface area contributed by atoms with E-state index in [4.69, 9.17) is 4.74 Å². The predicted molar refractivity (Wildman–Crippen MR) is 150 cm³/mol. The fourth-order valence-electron chi connectivity index (χ4n) is 5.85. The fourth-order valence-corrected chi connectivity index (χ4v) is 5.85. The maximum Gasteiger partial charge on any atom is 0.419 e. The first-order valence-electron chi connectivity index (χ1n) is 14.5. The maximum atomic E-state index is 13.9. The van der Waals surface area contributed by atoms with E-state index in [1.54, 1.807) is 18.2 Å². The Hall–Kier alpha value is -3.21. The van der Waals surface area contributed by atoms with Gasteiger partial charge in [0.1, 0.15) is 11.5 Å². The number of hydrogen-bond donors (Lipinski definition) is 2. The molecule has 224 valence electrons. The van der Waals surface area contributed by atoms with Crippen LogP contribution in [0.1, 0.15) is 79.9 Å². The molecule has 0 unspecified atom stereocenters. The Morgan fingerprint density at radius 3 is 2.46 bits per heavy atom. The van der Waals surface area contributed by atoms with Gasteiger partial charge in [0.2, 0.25) is 5.95 Å². The molecule has 1 saturated carbocycles. The van der Waals surface area contributed by atoms with Gasteiger partial charge in [-0.1, -0.05) is 19.8 Å². The fraction of sp³-hybridized carbons (Fsp3) is 0.600. The van der Waals surface area contributed by atoms with E-state index in [9.17, 15) is 22.8 Å². The summed E-state index contributed by atoms with van der Waals surface area (Å²) >= 11 is 0. The summed E-state index contributed by atoms with van der Waals surface area (Å²) in [6.45, 7) is 3.65. The van der Waals surface area contributed by atoms with E-state index in [0.29, 0.717) is 29.8 Å². The highest BCUT2D eigenvalue weighted by Crippen LogP contribution is 2.39. The van der Waals surface area contributed by atoms with Crippen LogP contribution in [0.4, 0.5) is 24.8 Å². The van der Waals surface area contributed by atoms with Crippen LogP contribution in [0, 0.1) is 11.8 Å². The summed E-state index contributed by atoms with van der Waals surface area (Å²) in [5.41, 5.74) is -0.0884. The van der Waals surface area contributed by atoms with Crippen molar-refractivity contribution in [2.45, 2.75) is 76.9 Å². The first-order valence-corrected chi connectivity index (χ1v) is 14.5. The minimum absolute atomic E-state index is 0.00632. The molecule has 8 nitrogen and oxygen atoms in total. The Bertz CT molecular complexity index is 1210. The molecule has 0 spiro atoms.